The highest BCUT2D eigenvalue weighted by molar-refractivity contribution is 6.31. The highest BCUT2D eigenvalue weighted by Crippen LogP contribution is 2.18. The average Bonchev–Trinajstić information content (AvgIpc) is 2.21. The lowest BCUT2D eigenvalue weighted by molar-refractivity contribution is -0.130. The second-order valence-corrected chi connectivity index (χ2v) is 4.57. The third-order valence-corrected chi connectivity index (χ3v) is 2.70. The fraction of sp³-hybridized carbons (Fsp3) is 0.417. The summed E-state index contributed by atoms with van der Waals surface area (Å²) in [5, 5.41) is 0.324. The van der Waals surface area contributed by atoms with Crippen molar-refractivity contribution in [1.29, 1.82) is 0 Å². The van der Waals surface area contributed by atoms with Gasteiger partial charge in [0.25, 0.3) is 0 Å². The molecule has 0 aliphatic carbocycles. The molecule has 0 radical (unpaired) electrons. The number of hydrogen-bond acceptors (Lipinski definition) is 2. The Morgan fingerprint density at radius 1 is 1.56 bits per heavy atom. The number of halogens is 3. The van der Waals surface area contributed by atoms with Crippen LogP contribution in [0.25, 0.3) is 0 Å². The Kier molecular flexibility index (Phi) is 7.21. The van der Waals surface area contributed by atoms with E-state index in [1.165, 1.54) is 17.0 Å². The number of rotatable bonds is 4. The Hall–Kier alpha value is -0.840. The molecular formula is C12H17Cl2FN2O. The van der Waals surface area contributed by atoms with Gasteiger partial charge in [-0.3, -0.25) is 4.79 Å². The molecular weight excluding hydrogens is 278 g/mol. The first-order chi connectivity index (χ1) is 7.90. The van der Waals surface area contributed by atoms with Gasteiger partial charge < -0.3 is 10.6 Å². The number of benzene rings is 1. The van der Waals surface area contributed by atoms with Crippen LogP contribution in [0.2, 0.25) is 5.02 Å². The summed E-state index contributed by atoms with van der Waals surface area (Å²) in [5.41, 5.74) is 6.27. The van der Waals surface area contributed by atoms with Crippen LogP contribution < -0.4 is 5.73 Å². The molecule has 0 bridgehead atoms. The van der Waals surface area contributed by atoms with Gasteiger partial charge in [-0.2, -0.15) is 0 Å². The lowest BCUT2D eigenvalue weighted by atomic mass is 10.2. The maximum atomic E-state index is 12.8. The van der Waals surface area contributed by atoms with Crippen LogP contribution in [0.15, 0.2) is 18.2 Å². The van der Waals surface area contributed by atoms with Gasteiger partial charge in [0.2, 0.25) is 5.91 Å². The fourth-order valence-corrected chi connectivity index (χ4v) is 1.65. The van der Waals surface area contributed by atoms with Gasteiger partial charge in [0.1, 0.15) is 5.82 Å². The van der Waals surface area contributed by atoms with Crippen molar-refractivity contribution >= 4 is 29.9 Å². The van der Waals surface area contributed by atoms with Crippen LogP contribution in [0, 0.1) is 5.82 Å². The molecule has 18 heavy (non-hydrogen) atoms. The quantitative estimate of drug-likeness (QED) is 0.928. The van der Waals surface area contributed by atoms with Crippen LogP contribution in [-0.4, -0.2) is 23.9 Å². The molecule has 3 nitrogen and oxygen atoms in total. The van der Waals surface area contributed by atoms with Crippen molar-refractivity contribution in [2.45, 2.75) is 25.9 Å². The summed E-state index contributed by atoms with van der Waals surface area (Å²) in [6.45, 7) is 2.13. The van der Waals surface area contributed by atoms with E-state index < -0.39 is 0 Å². The normalized spacial score (nSPS) is 11.6. The number of carbonyl (C=O) groups is 1. The predicted octanol–water partition coefficient (Wildman–Crippen LogP) is 2.60. The lowest BCUT2D eigenvalue weighted by Crippen LogP contribution is -2.31. The summed E-state index contributed by atoms with van der Waals surface area (Å²) >= 11 is 5.88. The highest BCUT2D eigenvalue weighted by atomic mass is 35.5. The summed E-state index contributed by atoms with van der Waals surface area (Å²) in [6, 6.07) is 3.97. The van der Waals surface area contributed by atoms with E-state index in [0.29, 0.717) is 17.1 Å². The summed E-state index contributed by atoms with van der Waals surface area (Å²) in [7, 11) is 1.67. The standard InChI is InChI=1S/C12H16ClFN2O.ClH/c1-8(15)5-12(17)16(2)7-9-3-4-10(14)6-11(9)13;/h3-4,6,8H,5,7,15H2,1-2H3;1H. The molecule has 2 N–H and O–H groups in total. The van der Waals surface area contributed by atoms with Crippen LogP contribution in [0.5, 0.6) is 0 Å². The number of nitrogens with zero attached hydrogens (tertiary/aromatic N) is 1. The van der Waals surface area contributed by atoms with Gasteiger partial charge in [0, 0.05) is 31.1 Å². The number of amides is 1. The third kappa shape index (κ3) is 5.21. The van der Waals surface area contributed by atoms with Crippen LogP contribution in [0.3, 0.4) is 0 Å². The molecule has 0 aliphatic rings. The molecule has 1 aromatic rings. The molecule has 0 aromatic heterocycles. The van der Waals surface area contributed by atoms with E-state index in [4.69, 9.17) is 17.3 Å². The summed E-state index contributed by atoms with van der Waals surface area (Å²) in [4.78, 5) is 13.2. The fourth-order valence-electron chi connectivity index (χ4n) is 1.42. The van der Waals surface area contributed by atoms with Gasteiger partial charge >= 0.3 is 0 Å². The summed E-state index contributed by atoms with van der Waals surface area (Å²) in [6.07, 6.45) is 0.287. The van der Waals surface area contributed by atoms with E-state index in [1.807, 2.05) is 0 Å². The minimum absolute atomic E-state index is 0. The Morgan fingerprint density at radius 3 is 2.67 bits per heavy atom. The lowest BCUT2D eigenvalue weighted by Gasteiger charge is -2.19. The zero-order valence-electron chi connectivity index (χ0n) is 10.3. The molecule has 102 valence electrons. The van der Waals surface area contributed by atoms with Crippen LogP contribution in [-0.2, 0) is 11.3 Å². The summed E-state index contributed by atoms with van der Waals surface area (Å²) < 4.78 is 12.8. The SMILES string of the molecule is CC(N)CC(=O)N(C)Cc1ccc(F)cc1Cl.Cl. The van der Waals surface area contributed by atoms with Gasteiger partial charge in [0.15, 0.2) is 0 Å². The van der Waals surface area contributed by atoms with Crippen molar-refractivity contribution < 1.29 is 9.18 Å². The molecule has 0 spiro atoms. The van der Waals surface area contributed by atoms with Gasteiger partial charge in [-0.15, -0.1) is 12.4 Å². The monoisotopic (exact) mass is 294 g/mol. The first-order valence-corrected chi connectivity index (χ1v) is 5.71. The van der Waals surface area contributed by atoms with E-state index in [0.717, 1.165) is 0 Å². The van der Waals surface area contributed by atoms with Crippen molar-refractivity contribution in [2.75, 3.05) is 7.05 Å². The average molecular weight is 295 g/mol. The van der Waals surface area contributed by atoms with Crippen LogP contribution in [0.1, 0.15) is 18.9 Å². The Bertz CT molecular complexity index is 413. The van der Waals surface area contributed by atoms with E-state index >= 15 is 0 Å². The van der Waals surface area contributed by atoms with Crippen LogP contribution in [0.4, 0.5) is 4.39 Å². The zero-order chi connectivity index (χ0) is 13.0. The van der Waals surface area contributed by atoms with Crippen molar-refractivity contribution in [2.24, 2.45) is 5.73 Å². The molecule has 0 saturated heterocycles. The molecule has 1 aromatic carbocycles. The minimum Gasteiger partial charge on any atom is -0.341 e. The van der Waals surface area contributed by atoms with Crippen molar-refractivity contribution in [3.05, 3.63) is 34.6 Å². The van der Waals surface area contributed by atoms with Crippen molar-refractivity contribution in [1.82, 2.24) is 4.90 Å². The third-order valence-electron chi connectivity index (χ3n) is 2.34. The largest absolute Gasteiger partial charge is 0.341 e. The number of hydrogen-bond donors (Lipinski definition) is 1. The molecule has 1 rings (SSSR count). The Labute approximate surface area is 118 Å². The second kappa shape index (κ2) is 7.56. The van der Waals surface area contributed by atoms with Crippen molar-refractivity contribution in [3.8, 4) is 0 Å². The Balaban J connectivity index is 0.00000289. The van der Waals surface area contributed by atoms with E-state index in [2.05, 4.69) is 0 Å². The van der Waals surface area contributed by atoms with E-state index in [1.54, 1.807) is 20.0 Å². The Morgan fingerprint density at radius 2 is 2.17 bits per heavy atom. The van der Waals surface area contributed by atoms with E-state index in [-0.39, 0.29) is 36.6 Å². The summed E-state index contributed by atoms with van der Waals surface area (Å²) in [5.74, 6) is -0.441. The first-order valence-electron chi connectivity index (χ1n) is 5.33. The molecule has 0 heterocycles. The molecule has 0 aliphatic heterocycles. The number of carbonyl (C=O) groups excluding carboxylic acids is 1. The predicted molar refractivity (Wildman–Crippen MR) is 73.4 cm³/mol. The van der Waals surface area contributed by atoms with Crippen LogP contribution >= 0.6 is 24.0 Å². The van der Waals surface area contributed by atoms with Gasteiger partial charge in [0.05, 0.1) is 0 Å². The second-order valence-electron chi connectivity index (χ2n) is 4.17. The maximum Gasteiger partial charge on any atom is 0.224 e. The molecule has 0 saturated carbocycles. The smallest absolute Gasteiger partial charge is 0.224 e. The molecule has 0 fully saturated rings. The van der Waals surface area contributed by atoms with E-state index in [9.17, 15) is 9.18 Å². The zero-order valence-corrected chi connectivity index (χ0v) is 11.9. The van der Waals surface area contributed by atoms with Gasteiger partial charge in [-0.25, -0.2) is 4.39 Å². The minimum atomic E-state index is -0.386. The molecule has 1 amide bonds. The van der Waals surface area contributed by atoms with Gasteiger partial charge in [-0.05, 0) is 24.6 Å². The highest BCUT2D eigenvalue weighted by Gasteiger charge is 2.12. The molecule has 1 unspecified atom stereocenters. The van der Waals surface area contributed by atoms with Gasteiger partial charge in [-0.1, -0.05) is 17.7 Å². The molecule has 1 atom stereocenters. The first kappa shape index (κ1) is 17.2. The topological polar surface area (TPSA) is 46.3 Å². The maximum absolute atomic E-state index is 12.8. The molecule has 6 heteroatoms. The number of nitrogens with two attached hydrogens (primary N) is 1. The van der Waals surface area contributed by atoms with Crippen molar-refractivity contribution in [3.63, 3.8) is 0 Å².